The highest BCUT2D eigenvalue weighted by molar-refractivity contribution is 5.99. The quantitative estimate of drug-likeness (QED) is 0.392. The Kier molecular flexibility index (Phi) is 7.74. The number of fused-ring (bicyclic) bond motifs is 1. The van der Waals surface area contributed by atoms with E-state index in [1.165, 1.54) is 12.1 Å². The average molecular weight is 596 g/mol. The molecule has 1 aliphatic carbocycles. The fraction of sp³-hybridized carbons (Fsp3) is 0.419. The third kappa shape index (κ3) is 5.95. The number of hydrogen-bond acceptors (Lipinski definition) is 5. The van der Waals surface area contributed by atoms with E-state index in [0.29, 0.717) is 24.3 Å². The topological polar surface area (TPSA) is 118 Å². The van der Waals surface area contributed by atoms with Crippen LogP contribution in [-0.2, 0) is 18.0 Å². The minimum Gasteiger partial charge on any atom is -0.382 e. The molecule has 2 aliphatic rings. The predicted molar refractivity (Wildman–Crippen MR) is 159 cm³/mol. The van der Waals surface area contributed by atoms with Gasteiger partial charge in [-0.3, -0.25) is 9.79 Å². The number of amides is 3. The zero-order chi connectivity index (χ0) is 31.3. The van der Waals surface area contributed by atoms with Crippen molar-refractivity contribution in [2.24, 2.45) is 29.3 Å². The molecule has 4 N–H and O–H groups in total. The molecule has 3 amide bonds. The number of nitrogen functional groups attached to an aromatic ring is 1. The zero-order valence-corrected chi connectivity index (χ0v) is 24.8. The fourth-order valence-electron chi connectivity index (χ4n) is 6.25. The molecule has 1 aromatic heterocycles. The average Bonchev–Trinajstić information content (AvgIpc) is 3.23. The van der Waals surface area contributed by atoms with Crippen LogP contribution < -0.4 is 27.1 Å². The van der Waals surface area contributed by atoms with Gasteiger partial charge in [-0.05, 0) is 71.6 Å². The molecule has 0 bridgehead atoms. The third-order valence-electron chi connectivity index (χ3n) is 8.92. The van der Waals surface area contributed by atoms with Crippen LogP contribution in [0.1, 0.15) is 44.2 Å². The normalized spacial score (nSPS) is 20.8. The highest BCUT2D eigenvalue weighted by Crippen LogP contribution is 2.56. The van der Waals surface area contributed by atoms with Gasteiger partial charge in [-0.25, -0.2) is 9.48 Å². The first-order chi connectivity index (χ1) is 20.1. The van der Waals surface area contributed by atoms with Gasteiger partial charge in [0, 0.05) is 38.9 Å². The van der Waals surface area contributed by atoms with Gasteiger partial charge < -0.3 is 21.3 Å². The van der Waals surface area contributed by atoms with Crippen LogP contribution in [0.2, 0.25) is 0 Å². The number of hydrogen-bond donors (Lipinski definition) is 3. The summed E-state index contributed by atoms with van der Waals surface area (Å²) in [5.41, 5.74) is 8.54. The van der Waals surface area contributed by atoms with Crippen molar-refractivity contribution in [1.29, 1.82) is 0 Å². The molecule has 1 aliphatic heterocycles. The molecule has 3 atom stereocenters. The highest BCUT2D eigenvalue weighted by Gasteiger charge is 2.52. The van der Waals surface area contributed by atoms with Crippen molar-refractivity contribution in [3.63, 3.8) is 0 Å². The van der Waals surface area contributed by atoms with Crippen LogP contribution in [0.5, 0.6) is 0 Å². The van der Waals surface area contributed by atoms with E-state index in [9.17, 15) is 22.8 Å². The number of anilines is 3. The molecule has 9 nitrogen and oxygen atoms in total. The fourth-order valence-corrected chi connectivity index (χ4v) is 6.25. The zero-order valence-electron chi connectivity index (χ0n) is 24.8. The SMILES string of the molecule is CN(C)C(=O)C[C@@H]1C[C@H](C2CC(c3ccc(NC(=O)Nc4cccc(C(F)(F)F)c4)cc3)=c3c(N)nn(C)c3=N2)C1(C)C. The second kappa shape index (κ2) is 11.1. The van der Waals surface area contributed by atoms with E-state index in [-0.39, 0.29) is 34.9 Å². The summed E-state index contributed by atoms with van der Waals surface area (Å²) in [5, 5.41) is 10.3. The van der Waals surface area contributed by atoms with Crippen molar-refractivity contribution < 1.29 is 22.8 Å². The van der Waals surface area contributed by atoms with Gasteiger partial charge in [0.2, 0.25) is 5.91 Å². The summed E-state index contributed by atoms with van der Waals surface area (Å²) < 4.78 is 40.8. The van der Waals surface area contributed by atoms with Gasteiger partial charge in [0.15, 0.2) is 11.3 Å². The smallest absolute Gasteiger partial charge is 0.382 e. The summed E-state index contributed by atoms with van der Waals surface area (Å²) in [4.78, 5) is 31.7. The van der Waals surface area contributed by atoms with Crippen molar-refractivity contribution in [1.82, 2.24) is 14.7 Å². The third-order valence-corrected chi connectivity index (χ3v) is 8.92. The Labute approximate surface area is 247 Å². The van der Waals surface area contributed by atoms with Gasteiger partial charge in [0.1, 0.15) is 0 Å². The standard InChI is InChI=1S/C31H36F3N7O2/c1-30(2)19(15-25(42)40(3)4)14-23(30)24-16-22(26-27(35)39-41(5)28(26)38-24)17-9-11-20(12-10-17)36-29(43)37-21-8-6-7-18(13-21)31(32,33)34/h6-13,19,23-24H,14-16H2,1-5H3,(H2,35,39)(H2,36,37,43)/t19-,23+,24?/m0/s1. The molecule has 0 saturated heterocycles. The maximum atomic E-state index is 13.0. The number of nitrogens with one attached hydrogen (secondary N) is 2. The number of rotatable bonds is 6. The summed E-state index contributed by atoms with van der Waals surface area (Å²) in [7, 11) is 5.38. The Morgan fingerprint density at radius 1 is 1.09 bits per heavy atom. The monoisotopic (exact) mass is 595 g/mol. The molecule has 1 fully saturated rings. The maximum absolute atomic E-state index is 13.0. The van der Waals surface area contributed by atoms with Crippen molar-refractivity contribution >= 4 is 34.7 Å². The van der Waals surface area contributed by atoms with Gasteiger partial charge in [-0.2, -0.15) is 18.3 Å². The summed E-state index contributed by atoms with van der Waals surface area (Å²) >= 11 is 0. The van der Waals surface area contributed by atoms with Crippen LogP contribution in [0.4, 0.5) is 35.2 Å². The first-order valence-corrected chi connectivity index (χ1v) is 14.1. The van der Waals surface area contributed by atoms with Gasteiger partial charge in [0.25, 0.3) is 0 Å². The Balaban J connectivity index is 1.34. The summed E-state index contributed by atoms with van der Waals surface area (Å²) in [5.74, 6) is 1.06. The van der Waals surface area contributed by atoms with E-state index >= 15 is 0 Å². The van der Waals surface area contributed by atoms with Gasteiger partial charge >= 0.3 is 12.2 Å². The molecule has 0 spiro atoms. The number of urea groups is 1. The number of alkyl halides is 3. The van der Waals surface area contributed by atoms with Crippen LogP contribution in [0.25, 0.3) is 5.57 Å². The Morgan fingerprint density at radius 3 is 2.40 bits per heavy atom. The van der Waals surface area contributed by atoms with E-state index in [0.717, 1.165) is 40.4 Å². The molecule has 2 heterocycles. The van der Waals surface area contributed by atoms with Gasteiger partial charge in [0.05, 0.1) is 16.8 Å². The summed E-state index contributed by atoms with van der Waals surface area (Å²) in [6, 6.07) is 11.0. The van der Waals surface area contributed by atoms with Crippen LogP contribution >= 0.6 is 0 Å². The van der Waals surface area contributed by atoms with E-state index in [1.807, 2.05) is 19.2 Å². The van der Waals surface area contributed by atoms with Crippen LogP contribution in [0, 0.1) is 17.3 Å². The molecule has 1 saturated carbocycles. The number of aryl methyl sites for hydroxylation is 1. The number of carbonyl (C=O) groups excluding carboxylic acids is 2. The number of nitrogens with two attached hydrogens (primary N) is 1. The lowest BCUT2D eigenvalue weighted by Crippen LogP contribution is -2.53. The molecular formula is C31H36F3N7O2. The number of nitrogens with zero attached hydrogens (tertiary/aromatic N) is 4. The lowest BCUT2D eigenvalue weighted by molar-refractivity contribution is -0.137. The summed E-state index contributed by atoms with van der Waals surface area (Å²) in [6.07, 6.45) is -2.44. The Bertz CT molecular complexity index is 1680. The lowest BCUT2D eigenvalue weighted by atomic mass is 9.51. The number of halogens is 3. The molecule has 228 valence electrons. The molecule has 12 heteroatoms. The van der Waals surface area contributed by atoms with E-state index in [4.69, 9.17) is 10.7 Å². The van der Waals surface area contributed by atoms with E-state index in [2.05, 4.69) is 29.6 Å². The molecule has 0 radical (unpaired) electrons. The molecule has 2 aromatic carbocycles. The second-order valence-corrected chi connectivity index (χ2v) is 12.2. The first kappa shape index (κ1) is 30.1. The van der Waals surface area contributed by atoms with E-state index < -0.39 is 17.8 Å². The molecule has 5 rings (SSSR count). The van der Waals surface area contributed by atoms with Gasteiger partial charge in [-0.1, -0.05) is 32.0 Å². The molecule has 3 aromatic rings. The first-order valence-electron chi connectivity index (χ1n) is 14.1. The number of carbonyl (C=O) groups is 2. The molecular weight excluding hydrogens is 559 g/mol. The number of aromatic nitrogens is 2. The largest absolute Gasteiger partial charge is 0.416 e. The Morgan fingerprint density at radius 2 is 1.77 bits per heavy atom. The second-order valence-electron chi connectivity index (χ2n) is 12.2. The van der Waals surface area contributed by atoms with Crippen molar-refractivity contribution in [2.45, 2.75) is 45.3 Å². The molecule has 43 heavy (non-hydrogen) atoms. The van der Waals surface area contributed by atoms with Crippen molar-refractivity contribution in [2.75, 3.05) is 30.5 Å². The van der Waals surface area contributed by atoms with E-state index in [1.54, 1.807) is 35.8 Å². The van der Waals surface area contributed by atoms with Crippen molar-refractivity contribution in [3.05, 3.63) is 70.4 Å². The maximum Gasteiger partial charge on any atom is 0.416 e. The highest BCUT2D eigenvalue weighted by atomic mass is 19.4. The van der Waals surface area contributed by atoms with Crippen molar-refractivity contribution in [3.8, 4) is 0 Å². The van der Waals surface area contributed by atoms with Gasteiger partial charge in [-0.15, -0.1) is 0 Å². The number of benzene rings is 2. The van der Waals surface area contributed by atoms with Crippen LogP contribution in [-0.4, -0.2) is 46.8 Å². The molecule has 1 unspecified atom stereocenters. The Hall–Kier alpha value is -4.35. The summed E-state index contributed by atoms with van der Waals surface area (Å²) in [6.45, 7) is 4.42. The van der Waals surface area contributed by atoms with Crippen LogP contribution in [0.15, 0.2) is 53.5 Å². The minimum absolute atomic E-state index is 0.0194. The predicted octanol–water partition coefficient (Wildman–Crippen LogP) is 4.40. The van der Waals surface area contributed by atoms with Crippen LogP contribution in [0.3, 0.4) is 0 Å². The minimum atomic E-state index is -4.51. The lowest BCUT2D eigenvalue weighted by Gasteiger charge is -2.55.